The molecule has 2 N–H and O–H groups in total. The molecule has 3 heteroatoms. The number of hydrogen-bond acceptors (Lipinski definition) is 2. The third-order valence-electron chi connectivity index (χ3n) is 4.19. The first kappa shape index (κ1) is 12.5. The summed E-state index contributed by atoms with van der Waals surface area (Å²) in [5, 5.41) is 2.89. The molecule has 0 fully saturated rings. The van der Waals surface area contributed by atoms with Gasteiger partial charge in [0.2, 0.25) is 0 Å². The third kappa shape index (κ3) is 1.79. The Morgan fingerprint density at radius 1 is 1.19 bits per heavy atom. The average Bonchev–Trinajstić information content (AvgIpc) is 2.77. The molecule has 104 valence electrons. The van der Waals surface area contributed by atoms with Crippen molar-refractivity contribution in [2.24, 2.45) is 0 Å². The van der Waals surface area contributed by atoms with Gasteiger partial charge in [0.05, 0.1) is 0 Å². The Kier molecular flexibility index (Phi) is 2.63. The summed E-state index contributed by atoms with van der Waals surface area (Å²) in [5.74, 6) is 0. The van der Waals surface area contributed by atoms with Crippen LogP contribution in [-0.2, 0) is 0 Å². The summed E-state index contributed by atoms with van der Waals surface area (Å²) in [6, 6.07) is 12.3. The molecule has 0 atom stereocenters. The van der Waals surface area contributed by atoms with E-state index in [-0.39, 0.29) is 0 Å². The maximum Gasteiger partial charge on any atom is 0.0459 e. The highest BCUT2D eigenvalue weighted by Crippen LogP contribution is 2.35. The van der Waals surface area contributed by atoms with E-state index in [0.29, 0.717) is 5.02 Å². The number of benzene rings is 2. The largest absolute Gasteiger partial charge is 0.398 e. The minimum atomic E-state index is 0.685. The maximum atomic E-state index is 6.30. The Hall–Kier alpha value is -2.19. The van der Waals surface area contributed by atoms with Crippen LogP contribution in [0.5, 0.6) is 0 Å². The molecule has 1 heterocycles. The fourth-order valence-corrected chi connectivity index (χ4v) is 3.44. The smallest absolute Gasteiger partial charge is 0.0459 e. The molecule has 2 aromatic rings. The Morgan fingerprint density at radius 3 is 2.86 bits per heavy atom. The van der Waals surface area contributed by atoms with Crippen LogP contribution in [0.15, 0.2) is 42.1 Å². The Morgan fingerprint density at radius 2 is 2.00 bits per heavy atom. The number of hydrogen-bond donors (Lipinski definition) is 1. The van der Waals surface area contributed by atoms with Gasteiger partial charge in [0, 0.05) is 40.8 Å². The Balaban J connectivity index is 2.23. The lowest BCUT2D eigenvalue weighted by Gasteiger charge is -2.19. The number of fused-ring (bicyclic) bond motifs is 4. The molecule has 0 spiro atoms. The molecule has 2 aromatic carbocycles. The van der Waals surface area contributed by atoms with Crippen LogP contribution in [0.4, 0.5) is 5.69 Å². The standard InChI is InChI=1S/C18H15ClN2/c1-21-7-6-12-8-13(19)10-15(20)17(12)18-14-5-3-2-4-11(14)9-16(18)21/h2-6,8-10H,7,20H2,1H3. The van der Waals surface area contributed by atoms with Crippen molar-refractivity contribution in [2.45, 2.75) is 0 Å². The van der Waals surface area contributed by atoms with E-state index < -0.39 is 0 Å². The van der Waals surface area contributed by atoms with E-state index >= 15 is 0 Å². The summed E-state index contributed by atoms with van der Waals surface area (Å²) >= 11 is 6.18. The van der Waals surface area contributed by atoms with Gasteiger partial charge in [-0.2, -0.15) is 0 Å². The quantitative estimate of drug-likeness (QED) is 0.755. The van der Waals surface area contributed by atoms with Gasteiger partial charge in [-0.15, -0.1) is 0 Å². The SMILES string of the molecule is CN1CC=c2cc(Cl)cc(N)c2=C2C1=Cc1ccccc12. The minimum absolute atomic E-state index is 0.685. The molecule has 1 aliphatic carbocycles. The van der Waals surface area contributed by atoms with Crippen LogP contribution in [0.2, 0.25) is 5.02 Å². The fourth-order valence-electron chi connectivity index (χ4n) is 3.20. The van der Waals surface area contributed by atoms with Gasteiger partial charge in [-0.05, 0) is 34.6 Å². The summed E-state index contributed by atoms with van der Waals surface area (Å²) in [6.45, 7) is 0.843. The lowest BCUT2D eigenvalue weighted by molar-refractivity contribution is 0.502. The highest BCUT2D eigenvalue weighted by Gasteiger charge is 2.24. The Labute approximate surface area is 128 Å². The minimum Gasteiger partial charge on any atom is -0.398 e. The molecule has 4 rings (SSSR count). The first-order valence-corrected chi connectivity index (χ1v) is 7.35. The highest BCUT2D eigenvalue weighted by molar-refractivity contribution is 6.30. The van der Waals surface area contributed by atoms with E-state index in [2.05, 4.69) is 48.4 Å². The second kappa shape index (κ2) is 4.40. The second-order valence-electron chi connectivity index (χ2n) is 5.54. The molecule has 0 bridgehead atoms. The number of halogens is 1. The molecule has 0 saturated carbocycles. The first-order chi connectivity index (χ1) is 10.1. The van der Waals surface area contributed by atoms with Crippen molar-refractivity contribution in [1.82, 2.24) is 4.90 Å². The molecule has 0 aromatic heterocycles. The molecular weight excluding hydrogens is 280 g/mol. The highest BCUT2D eigenvalue weighted by atomic mass is 35.5. The van der Waals surface area contributed by atoms with Gasteiger partial charge in [-0.25, -0.2) is 0 Å². The predicted molar refractivity (Wildman–Crippen MR) is 89.1 cm³/mol. The molecule has 0 unspecified atom stereocenters. The first-order valence-electron chi connectivity index (χ1n) is 6.97. The van der Waals surface area contributed by atoms with Crippen molar-refractivity contribution < 1.29 is 0 Å². The lowest BCUT2D eigenvalue weighted by atomic mass is 10.0. The van der Waals surface area contributed by atoms with Crippen LogP contribution in [-0.4, -0.2) is 18.5 Å². The number of allylic oxidation sites excluding steroid dienone is 1. The molecule has 2 aliphatic rings. The summed E-state index contributed by atoms with van der Waals surface area (Å²) in [7, 11) is 2.11. The van der Waals surface area contributed by atoms with Crippen LogP contribution < -0.4 is 16.2 Å². The molecular formula is C18H15ClN2. The number of likely N-dealkylation sites (N-methyl/N-ethyl adjacent to an activating group) is 1. The maximum absolute atomic E-state index is 6.30. The zero-order valence-corrected chi connectivity index (χ0v) is 12.5. The number of nitrogen functional groups attached to an aromatic ring is 1. The van der Waals surface area contributed by atoms with Crippen LogP contribution in [0, 0.1) is 0 Å². The number of nitrogens with zero attached hydrogens (tertiary/aromatic N) is 1. The number of nitrogens with two attached hydrogens (primary N) is 1. The van der Waals surface area contributed by atoms with Crippen molar-refractivity contribution in [2.75, 3.05) is 19.3 Å². The molecule has 0 saturated heterocycles. The van der Waals surface area contributed by atoms with Crippen LogP contribution >= 0.6 is 11.6 Å². The van der Waals surface area contributed by atoms with Crippen molar-refractivity contribution in [1.29, 1.82) is 0 Å². The monoisotopic (exact) mass is 294 g/mol. The van der Waals surface area contributed by atoms with Gasteiger partial charge in [-0.1, -0.05) is 41.9 Å². The summed E-state index contributed by atoms with van der Waals surface area (Å²) < 4.78 is 0. The summed E-state index contributed by atoms with van der Waals surface area (Å²) in [5.41, 5.74) is 12.0. The van der Waals surface area contributed by atoms with Crippen LogP contribution in [0.1, 0.15) is 11.1 Å². The van der Waals surface area contributed by atoms with E-state index in [1.165, 1.54) is 22.4 Å². The average molecular weight is 295 g/mol. The zero-order chi connectivity index (χ0) is 14.6. The van der Waals surface area contributed by atoms with Gasteiger partial charge in [0.15, 0.2) is 0 Å². The number of rotatable bonds is 0. The van der Waals surface area contributed by atoms with Gasteiger partial charge in [0.1, 0.15) is 0 Å². The third-order valence-corrected chi connectivity index (χ3v) is 4.41. The van der Waals surface area contributed by atoms with Gasteiger partial charge in [0.25, 0.3) is 0 Å². The van der Waals surface area contributed by atoms with E-state index in [1.54, 1.807) is 0 Å². The molecule has 0 radical (unpaired) electrons. The molecule has 1 aliphatic heterocycles. The van der Waals surface area contributed by atoms with Crippen molar-refractivity contribution in [3.8, 4) is 0 Å². The second-order valence-corrected chi connectivity index (χ2v) is 5.97. The summed E-state index contributed by atoms with van der Waals surface area (Å²) in [4.78, 5) is 2.25. The van der Waals surface area contributed by atoms with Crippen molar-refractivity contribution in [3.05, 3.63) is 68.7 Å². The van der Waals surface area contributed by atoms with Crippen LogP contribution in [0.25, 0.3) is 17.7 Å². The predicted octanol–water partition coefficient (Wildman–Crippen LogP) is 2.20. The van der Waals surface area contributed by atoms with E-state index in [0.717, 1.165) is 22.7 Å². The van der Waals surface area contributed by atoms with Gasteiger partial charge in [-0.3, -0.25) is 0 Å². The molecule has 2 nitrogen and oxygen atoms in total. The van der Waals surface area contributed by atoms with Gasteiger partial charge < -0.3 is 10.6 Å². The molecule has 0 amide bonds. The molecule has 21 heavy (non-hydrogen) atoms. The van der Waals surface area contributed by atoms with E-state index in [9.17, 15) is 0 Å². The summed E-state index contributed by atoms with van der Waals surface area (Å²) in [6.07, 6.45) is 4.42. The van der Waals surface area contributed by atoms with Gasteiger partial charge >= 0.3 is 0 Å². The normalized spacial score (nSPS) is 15.6. The zero-order valence-electron chi connectivity index (χ0n) is 11.7. The Bertz CT molecular complexity index is 909. The fraction of sp³-hybridized carbons (Fsp3) is 0.111. The van der Waals surface area contributed by atoms with E-state index in [1.807, 2.05) is 12.1 Å². The lowest BCUT2D eigenvalue weighted by Crippen LogP contribution is -2.30. The van der Waals surface area contributed by atoms with Crippen molar-refractivity contribution >= 4 is 35.0 Å². The topological polar surface area (TPSA) is 29.3 Å². The number of anilines is 1. The van der Waals surface area contributed by atoms with Crippen molar-refractivity contribution in [3.63, 3.8) is 0 Å². The van der Waals surface area contributed by atoms with Crippen LogP contribution in [0.3, 0.4) is 0 Å². The van der Waals surface area contributed by atoms with E-state index in [4.69, 9.17) is 17.3 Å².